The summed E-state index contributed by atoms with van der Waals surface area (Å²) in [5.41, 5.74) is 12.0. The van der Waals surface area contributed by atoms with Crippen LogP contribution in [0.4, 0.5) is 0 Å². The van der Waals surface area contributed by atoms with E-state index in [9.17, 15) is 0 Å². The average Bonchev–Trinajstić information content (AvgIpc) is 1.92. The molecule has 12 heavy (non-hydrogen) atoms. The molecule has 72 valence electrons. The predicted octanol–water partition coefficient (Wildman–Crippen LogP) is 1.49. The van der Waals surface area contributed by atoms with Crippen LogP contribution in [0.2, 0.25) is 0 Å². The van der Waals surface area contributed by atoms with Gasteiger partial charge in [0.1, 0.15) is 0 Å². The Bertz CT molecular complexity index is 148. The van der Waals surface area contributed by atoms with E-state index in [1.54, 1.807) is 0 Å². The molecule has 0 aromatic carbocycles. The summed E-state index contributed by atoms with van der Waals surface area (Å²) in [6.07, 6.45) is 3.59. The first-order valence-electron chi connectivity index (χ1n) is 4.95. The largest absolute Gasteiger partial charge is 0.327 e. The molecule has 0 radical (unpaired) electrons. The molecule has 0 bridgehead atoms. The molecule has 0 aromatic rings. The fraction of sp³-hybridized carbons (Fsp3) is 1.00. The van der Waals surface area contributed by atoms with Crippen molar-refractivity contribution in [3.8, 4) is 0 Å². The number of hydrogen-bond donors (Lipinski definition) is 2. The van der Waals surface area contributed by atoms with Crippen molar-refractivity contribution < 1.29 is 0 Å². The molecular formula is C10H22N2. The van der Waals surface area contributed by atoms with Crippen LogP contribution in [0, 0.1) is 11.8 Å². The van der Waals surface area contributed by atoms with Gasteiger partial charge in [0.15, 0.2) is 0 Å². The molecule has 1 rings (SSSR count). The third-order valence-electron chi connectivity index (χ3n) is 3.31. The molecule has 1 fully saturated rings. The second-order valence-corrected chi connectivity index (χ2v) is 4.97. The number of nitrogens with two attached hydrogens (primary N) is 2. The van der Waals surface area contributed by atoms with Crippen LogP contribution in [-0.4, -0.2) is 11.6 Å². The summed E-state index contributed by atoms with van der Waals surface area (Å²) in [6.45, 7) is 6.46. The first-order valence-corrected chi connectivity index (χ1v) is 4.95. The molecule has 0 heterocycles. The second kappa shape index (κ2) is 3.35. The number of hydrogen-bond acceptors (Lipinski definition) is 2. The summed E-state index contributed by atoms with van der Waals surface area (Å²) < 4.78 is 0. The highest BCUT2D eigenvalue weighted by atomic mass is 14.8. The van der Waals surface area contributed by atoms with Crippen LogP contribution in [0.15, 0.2) is 0 Å². The van der Waals surface area contributed by atoms with E-state index in [0.717, 1.165) is 6.42 Å². The monoisotopic (exact) mass is 170 g/mol. The maximum Gasteiger partial charge on any atom is 0.0126 e. The van der Waals surface area contributed by atoms with Crippen LogP contribution >= 0.6 is 0 Å². The van der Waals surface area contributed by atoms with Crippen molar-refractivity contribution in [2.45, 2.75) is 51.6 Å². The Hall–Kier alpha value is -0.0800. The van der Waals surface area contributed by atoms with E-state index in [4.69, 9.17) is 11.5 Å². The molecule has 2 heteroatoms. The van der Waals surface area contributed by atoms with Gasteiger partial charge in [0, 0.05) is 11.6 Å². The average molecular weight is 170 g/mol. The lowest BCUT2D eigenvalue weighted by molar-refractivity contribution is 0.182. The fourth-order valence-electron chi connectivity index (χ4n) is 2.03. The van der Waals surface area contributed by atoms with Gasteiger partial charge in [-0.2, -0.15) is 0 Å². The zero-order valence-corrected chi connectivity index (χ0v) is 8.51. The predicted molar refractivity (Wildman–Crippen MR) is 52.7 cm³/mol. The van der Waals surface area contributed by atoms with Gasteiger partial charge in [-0.1, -0.05) is 6.92 Å². The third kappa shape index (κ3) is 2.20. The van der Waals surface area contributed by atoms with Crippen molar-refractivity contribution in [1.29, 1.82) is 0 Å². The van der Waals surface area contributed by atoms with Gasteiger partial charge in [-0.3, -0.25) is 0 Å². The van der Waals surface area contributed by atoms with Gasteiger partial charge in [-0.25, -0.2) is 0 Å². The van der Waals surface area contributed by atoms with E-state index in [0.29, 0.717) is 17.9 Å². The summed E-state index contributed by atoms with van der Waals surface area (Å²) in [4.78, 5) is 0. The van der Waals surface area contributed by atoms with Crippen molar-refractivity contribution in [2.75, 3.05) is 0 Å². The molecule has 1 saturated carbocycles. The van der Waals surface area contributed by atoms with Crippen molar-refractivity contribution in [1.82, 2.24) is 0 Å². The lowest BCUT2D eigenvalue weighted by atomic mass is 9.72. The quantitative estimate of drug-likeness (QED) is 0.626. The van der Waals surface area contributed by atoms with Crippen molar-refractivity contribution in [3.05, 3.63) is 0 Å². The summed E-state index contributed by atoms with van der Waals surface area (Å²) in [7, 11) is 0. The molecular weight excluding hydrogens is 148 g/mol. The van der Waals surface area contributed by atoms with Gasteiger partial charge in [-0.15, -0.1) is 0 Å². The Balaban J connectivity index is 2.51. The molecule has 0 saturated heterocycles. The van der Waals surface area contributed by atoms with Gasteiger partial charge in [0.2, 0.25) is 0 Å². The Morgan fingerprint density at radius 3 is 2.25 bits per heavy atom. The molecule has 0 spiro atoms. The Kier molecular flexibility index (Phi) is 2.79. The SMILES string of the molecule is CC1CCC(C(C)(C)N)CC1N. The first-order chi connectivity index (χ1) is 5.41. The van der Waals surface area contributed by atoms with Crippen molar-refractivity contribution in [3.63, 3.8) is 0 Å². The highest BCUT2D eigenvalue weighted by molar-refractivity contribution is 4.90. The molecule has 3 unspecified atom stereocenters. The highest BCUT2D eigenvalue weighted by Gasteiger charge is 2.32. The first kappa shape index (κ1) is 10.0. The van der Waals surface area contributed by atoms with Gasteiger partial charge >= 0.3 is 0 Å². The molecule has 3 atom stereocenters. The zero-order chi connectivity index (χ0) is 9.35. The molecule has 0 aliphatic heterocycles. The van der Waals surface area contributed by atoms with Gasteiger partial charge in [0.05, 0.1) is 0 Å². The normalized spacial score (nSPS) is 38.2. The van der Waals surface area contributed by atoms with Crippen LogP contribution in [-0.2, 0) is 0 Å². The summed E-state index contributed by atoms with van der Waals surface area (Å²) >= 11 is 0. The van der Waals surface area contributed by atoms with E-state index >= 15 is 0 Å². The lowest BCUT2D eigenvalue weighted by Crippen LogP contribution is -2.47. The Morgan fingerprint density at radius 1 is 1.25 bits per heavy atom. The maximum absolute atomic E-state index is 6.06. The zero-order valence-electron chi connectivity index (χ0n) is 8.51. The third-order valence-corrected chi connectivity index (χ3v) is 3.31. The number of rotatable bonds is 1. The summed E-state index contributed by atoms with van der Waals surface area (Å²) in [6, 6.07) is 0.367. The van der Waals surface area contributed by atoms with E-state index in [2.05, 4.69) is 20.8 Å². The van der Waals surface area contributed by atoms with Crippen LogP contribution in [0.5, 0.6) is 0 Å². The van der Waals surface area contributed by atoms with Gasteiger partial charge < -0.3 is 11.5 Å². The van der Waals surface area contributed by atoms with Crippen LogP contribution in [0.1, 0.15) is 40.0 Å². The summed E-state index contributed by atoms with van der Waals surface area (Å²) in [5, 5.41) is 0. The molecule has 4 N–H and O–H groups in total. The van der Waals surface area contributed by atoms with Gasteiger partial charge in [0.25, 0.3) is 0 Å². The molecule has 1 aliphatic rings. The lowest BCUT2D eigenvalue weighted by Gasteiger charge is -2.39. The minimum atomic E-state index is -0.0439. The maximum atomic E-state index is 6.06. The van der Waals surface area contributed by atoms with Crippen LogP contribution in [0.25, 0.3) is 0 Å². The Morgan fingerprint density at radius 2 is 1.83 bits per heavy atom. The molecule has 0 aromatic heterocycles. The van der Waals surface area contributed by atoms with E-state index in [-0.39, 0.29) is 5.54 Å². The smallest absolute Gasteiger partial charge is 0.0126 e. The van der Waals surface area contributed by atoms with Crippen LogP contribution in [0.3, 0.4) is 0 Å². The van der Waals surface area contributed by atoms with Gasteiger partial charge in [-0.05, 0) is 44.9 Å². The van der Waals surface area contributed by atoms with E-state index in [1.165, 1.54) is 12.8 Å². The Labute approximate surface area is 75.7 Å². The minimum absolute atomic E-state index is 0.0439. The minimum Gasteiger partial charge on any atom is -0.327 e. The van der Waals surface area contributed by atoms with E-state index in [1.807, 2.05) is 0 Å². The van der Waals surface area contributed by atoms with Crippen molar-refractivity contribution in [2.24, 2.45) is 23.3 Å². The highest BCUT2D eigenvalue weighted by Crippen LogP contribution is 2.33. The fourth-order valence-corrected chi connectivity index (χ4v) is 2.03. The topological polar surface area (TPSA) is 52.0 Å². The summed E-state index contributed by atoms with van der Waals surface area (Å²) in [5.74, 6) is 1.30. The molecule has 2 nitrogen and oxygen atoms in total. The van der Waals surface area contributed by atoms with Crippen molar-refractivity contribution >= 4 is 0 Å². The van der Waals surface area contributed by atoms with Crippen LogP contribution < -0.4 is 11.5 Å². The molecule has 1 aliphatic carbocycles. The standard InChI is InChI=1S/C10H22N2/c1-7-4-5-8(6-9(7)11)10(2,3)12/h7-9H,4-6,11-12H2,1-3H3. The van der Waals surface area contributed by atoms with E-state index < -0.39 is 0 Å². The molecule has 0 amide bonds. The second-order valence-electron chi connectivity index (χ2n) is 4.97.